The van der Waals surface area contributed by atoms with Crippen molar-refractivity contribution in [1.82, 2.24) is 0 Å². The molecule has 1 N–H and O–H groups in total. The monoisotopic (exact) mass is 282 g/mol. The van der Waals surface area contributed by atoms with Gasteiger partial charge in [0, 0.05) is 5.02 Å². The predicted octanol–water partition coefficient (Wildman–Crippen LogP) is 3.43. The van der Waals surface area contributed by atoms with Gasteiger partial charge in [-0.1, -0.05) is 23.7 Å². The summed E-state index contributed by atoms with van der Waals surface area (Å²) in [7, 11) is 0. The Balaban J connectivity index is 2.79. The molecule has 0 aliphatic heterocycles. The third-order valence-electron chi connectivity index (χ3n) is 2.07. The second-order valence-electron chi connectivity index (χ2n) is 3.49. The van der Waals surface area contributed by atoms with Crippen LogP contribution in [0.25, 0.3) is 0 Å². The number of alkyl halides is 3. The maximum absolute atomic E-state index is 12.7. The summed E-state index contributed by atoms with van der Waals surface area (Å²) >= 11 is 5.58. The highest BCUT2D eigenvalue weighted by Crippen LogP contribution is 2.36. The molecular weight excluding hydrogens is 273 g/mol. The quantitative estimate of drug-likeness (QED) is 0.900. The van der Waals surface area contributed by atoms with Gasteiger partial charge in [0.2, 0.25) is 0 Å². The first-order valence-corrected chi connectivity index (χ1v) is 5.34. The van der Waals surface area contributed by atoms with Crippen molar-refractivity contribution in [3.8, 4) is 0 Å². The molecule has 0 saturated carbocycles. The van der Waals surface area contributed by atoms with Crippen LogP contribution in [0.3, 0.4) is 0 Å². The topological polar surface area (TPSA) is 46.5 Å². The van der Waals surface area contributed by atoms with Gasteiger partial charge in [0.05, 0.1) is 13.0 Å². The van der Waals surface area contributed by atoms with Crippen molar-refractivity contribution in [2.45, 2.75) is 18.7 Å². The molecule has 0 heterocycles. The van der Waals surface area contributed by atoms with Gasteiger partial charge in [-0.2, -0.15) is 13.2 Å². The number of carboxylic acid groups (broad SMARTS) is 1. The minimum Gasteiger partial charge on any atom is -0.481 e. The lowest BCUT2D eigenvalue weighted by Gasteiger charge is -2.21. The number of halogens is 4. The van der Waals surface area contributed by atoms with Gasteiger partial charge < -0.3 is 9.84 Å². The molecule has 7 heteroatoms. The highest BCUT2D eigenvalue weighted by atomic mass is 35.5. The number of hydrogen-bond donors (Lipinski definition) is 1. The van der Waals surface area contributed by atoms with E-state index in [1.165, 1.54) is 24.3 Å². The minimum atomic E-state index is -4.60. The van der Waals surface area contributed by atoms with E-state index < -0.39 is 31.3 Å². The lowest BCUT2D eigenvalue weighted by Crippen LogP contribution is -2.24. The van der Waals surface area contributed by atoms with E-state index >= 15 is 0 Å². The second kappa shape index (κ2) is 6.06. The largest absolute Gasteiger partial charge is 0.481 e. The van der Waals surface area contributed by atoms with Crippen molar-refractivity contribution in [2.75, 3.05) is 6.61 Å². The standard InChI is InChI=1S/C11H10ClF3O3/c12-8-3-1-7(2-4-8)10(11(13,14)15)18-6-5-9(16)17/h1-4,10H,5-6H2,(H,16,17)/t10-/m0/s1. The van der Waals surface area contributed by atoms with E-state index in [0.29, 0.717) is 5.02 Å². The Hall–Kier alpha value is -1.27. The van der Waals surface area contributed by atoms with Gasteiger partial charge in [-0.05, 0) is 17.7 Å². The molecule has 0 radical (unpaired) electrons. The van der Waals surface area contributed by atoms with Crippen molar-refractivity contribution in [3.63, 3.8) is 0 Å². The zero-order chi connectivity index (χ0) is 13.8. The van der Waals surface area contributed by atoms with Crippen LogP contribution in [-0.4, -0.2) is 23.9 Å². The molecule has 0 aromatic heterocycles. The number of aliphatic carboxylic acids is 1. The van der Waals surface area contributed by atoms with Gasteiger partial charge in [-0.15, -0.1) is 0 Å². The summed E-state index contributed by atoms with van der Waals surface area (Å²) in [5.74, 6) is -1.22. The number of ether oxygens (including phenoxy) is 1. The molecule has 0 aliphatic rings. The van der Waals surface area contributed by atoms with Crippen LogP contribution in [0.15, 0.2) is 24.3 Å². The third kappa shape index (κ3) is 4.54. The van der Waals surface area contributed by atoms with Gasteiger partial charge in [0.1, 0.15) is 0 Å². The zero-order valence-electron chi connectivity index (χ0n) is 9.08. The fourth-order valence-electron chi connectivity index (χ4n) is 1.28. The van der Waals surface area contributed by atoms with Gasteiger partial charge in [0.15, 0.2) is 6.10 Å². The number of hydrogen-bond acceptors (Lipinski definition) is 2. The van der Waals surface area contributed by atoms with E-state index in [4.69, 9.17) is 16.7 Å². The molecule has 0 saturated heterocycles. The summed E-state index contributed by atoms with van der Waals surface area (Å²) in [5, 5.41) is 8.67. The van der Waals surface area contributed by atoms with E-state index in [0.717, 1.165) is 0 Å². The lowest BCUT2D eigenvalue weighted by atomic mass is 10.1. The molecular formula is C11H10ClF3O3. The summed E-state index contributed by atoms with van der Waals surface area (Å²) in [6.07, 6.45) is -7.24. The van der Waals surface area contributed by atoms with Gasteiger partial charge in [-0.3, -0.25) is 4.79 Å². The predicted molar refractivity (Wildman–Crippen MR) is 58.5 cm³/mol. The fraction of sp³-hybridized carbons (Fsp3) is 0.364. The first kappa shape index (κ1) is 14.8. The van der Waals surface area contributed by atoms with E-state index in [1.54, 1.807) is 0 Å². The number of benzene rings is 1. The van der Waals surface area contributed by atoms with Crippen molar-refractivity contribution < 1.29 is 27.8 Å². The maximum Gasteiger partial charge on any atom is 0.418 e. The average molecular weight is 283 g/mol. The molecule has 0 fully saturated rings. The Bertz CT molecular complexity index is 403. The molecule has 0 spiro atoms. The molecule has 1 rings (SSSR count). The molecule has 1 aromatic rings. The Morgan fingerprint density at radius 2 is 1.89 bits per heavy atom. The van der Waals surface area contributed by atoms with Gasteiger partial charge in [-0.25, -0.2) is 0 Å². The Kier molecular flexibility index (Phi) is 4.98. The summed E-state index contributed by atoms with van der Waals surface area (Å²) in [6, 6.07) is 5.02. The second-order valence-corrected chi connectivity index (χ2v) is 3.92. The molecule has 18 heavy (non-hydrogen) atoms. The highest BCUT2D eigenvalue weighted by Gasteiger charge is 2.41. The molecule has 0 amide bonds. The number of rotatable bonds is 5. The van der Waals surface area contributed by atoms with Crippen LogP contribution in [0.1, 0.15) is 18.1 Å². The normalized spacial score (nSPS) is 13.3. The van der Waals surface area contributed by atoms with Crippen LogP contribution in [0, 0.1) is 0 Å². The fourth-order valence-corrected chi connectivity index (χ4v) is 1.41. The summed E-state index contributed by atoms with van der Waals surface area (Å²) in [5.41, 5.74) is -0.114. The van der Waals surface area contributed by atoms with Crippen LogP contribution in [0.5, 0.6) is 0 Å². The van der Waals surface area contributed by atoms with E-state index in [9.17, 15) is 18.0 Å². The molecule has 100 valence electrons. The summed E-state index contributed by atoms with van der Waals surface area (Å²) in [6.45, 7) is -0.512. The van der Waals surface area contributed by atoms with Crippen LogP contribution in [-0.2, 0) is 9.53 Å². The van der Waals surface area contributed by atoms with Crippen LogP contribution >= 0.6 is 11.6 Å². The highest BCUT2D eigenvalue weighted by molar-refractivity contribution is 6.30. The summed E-state index contributed by atoms with van der Waals surface area (Å²) < 4.78 is 42.8. The van der Waals surface area contributed by atoms with E-state index in [1.807, 2.05) is 0 Å². The lowest BCUT2D eigenvalue weighted by molar-refractivity contribution is -0.224. The Morgan fingerprint density at radius 3 is 2.33 bits per heavy atom. The third-order valence-corrected chi connectivity index (χ3v) is 2.32. The van der Waals surface area contributed by atoms with Crippen molar-refractivity contribution in [1.29, 1.82) is 0 Å². The van der Waals surface area contributed by atoms with E-state index in [-0.39, 0.29) is 5.56 Å². The van der Waals surface area contributed by atoms with Crippen LogP contribution < -0.4 is 0 Å². The Labute approximate surface area is 106 Å². The minimum absolute atomic E-state index is 0.114. The Morgan fingerprint density at radius 1 is 1.33 bits per heavy atom. The number of carbonyl (C=O) groups is 1. The van der Waals surface area contributed by atoms with Gasteiger partial charge >= 0.3 is 12.1 Å². The maximum atomic E-state index is 12.7. The van der Waals surface area contributed by atoms with Crippen molar-refractivity contribution >= 4 is 17.6 Å². The molecule has 0 aliphatic carbocycles. The SMILES string of the molecule is O=C(O)CCO[C@@H](c1ccc(Cl)cc1)C(F)(F)F. The average Bonchev–Trinajstić information content (AvgIpc) is 2.24. The smallest absolute Gasteiger partial charge is 0.418 e. The zero-order valence-corrected chi connectivity index (χ0v) is 9.83. The number of carboxylic acids is 1. The molecule has 1 aromatic carbocycles. The van der Waals surface area contributed by atoms with E-state index in [2.05, 4.69) is 4.74 Å². The molecule has 1 atom stereocenters. The van der Waals surface area contributed by atoms with Crippen LogP contribution in [0.4, 0.5) is 13.2 Å². The van der Waals surface area contributed by atoms with Gasteiger partial charge in [0.25, 0.3) is 0 Å². The first-order valence-electron chi connectivity index (χ1n) is 4.96. The summed E-state index contributed by atoms with van der Waals surface area (Å²) in [4.78, 5) is 10.2. The van der Waals surface area contributed by atoms with Crippen LogP contribution in [0.2, 0.25) is 5.02 Å². The van der Waals surface area contributed by atoms with Crippen molar-refractivity contribution in [2.24, 2.45) is 0 Å². The molecule has 0 bridgehead atoms. The first-order chi connectivity index (χ1) is 8.30. The van der Waals surface area contributed by atoms with Crippen molar-refractivity contribution in [3.05, 3.63) is 34.9 Å². The molecule has 3 nitrogen and oxygen atoms in total. The molecule has 0 unspecified atom stereocenters.